The van der Waals surface area contributed by atoms with E-state index in [0.29, 0.717) is 19.6 Å². The molecular weight excluding hydrogens is 401 g/mol. The van der Waals surface area contributed by atoms with Crippen molar-refractivity contribution in [1.82, 2.24) is 5.32 Å². The van der Waals surface area contributed by atoms with Crippen LogP contribution in [-0.2, 0) is 16.8 Å². The molecule has 3 rings (SSSR count). The molecule has 2 N–H and O–H groups in total. The molecule has 0 aromatic heterocycles. The van der Waals surface area contributed by atoms with Gasteiger partial charge in [-0.1, -0.05) is 83.3 Å². The van der Waals surface area contributed by atoms with Gasteiger partial charge in [-0.3, -0.25) is 0 Å². The highest BCUT2D eigenvalue weighted by atomic mass is 127. The number of benzene rings is 2. The molecule has 1 saturated heterocycles. The summed E-state index contributed by atoms with van der Waals surface area (Å²) in [6.07, 6.45) is 0.304. The lowest BCUT2D eigenvalue weighted by atomic mass is 9.82. The number of aliphatic hydroxyl groups is 1. The minimum absolute atomic E-state index is 0.242. The zero-order chi connectivity index (χ0) is 16.5. The Kier molecular flexibility index (Phi) is 7.49. The number of hydrogen-bond acceptors (Lipinski definition) is 3. The summed E-state index contributed by atoms with van der Waals surface area (Å²) in [6, 6.07) is 19.9. The van der Waals surface area contributed by atoms with E-state index in [1.807, 2.05) is 65.6 Å². The first-order valence-electron chi connectivity index (χ1n) is 7.81. The predicted molar refractivity (Wildman–Crippen MR) is 103 cm³/mol. The largest absolute Gasteiger partial charge is 0.382 e. The highest BCUT2D eigenvalue weighted by molar-refractivity contribution is 14.1. The van der Waals surface area contributed by atoms with Gasteiger partial charge in [0.2, 0.25) is 0 Å². The van der Waals surface area contributed by atoms with E-state index in [1.165, 1.54) is 0 Å². The highest BCUT2D eigenvalue weighted by Crippen LogP contribution is 2.31. The Morgan fingerprint density at radius 1 is 1.09 bits per heavy atom. The number of nitrogens with one attached hydrogen (secondary N) is 1. The molecule has 3 nitrogen and oxygen atoms in total. The first-order chi connectivity index (χ1) is 11.3. The van der Waals surface area contributed by atoms with E-state index < -0.39 is 5.60 Å². The third kappa shape index (κ3) is 4.76. The average molecular weight is 425 g/mol. The monoisotopic (exact) mass is 425 g/mol. The molecule has 23 heavy (non-hydrogen) atoms. The molecule has 0 saturated carbocycles. The SMILES string of the molecule is CI.O[C@](Cc1ccccc1)(c1ccccc1)[C@@H]1CNCCO1. The van der Waals surface area contributed by atoms with Gasteiger partial charge >= 0.3 is 0 Å². The van der Waals surface area contributed by atoms with Crippen LogP contribution in [0, 0.1) is 0 Å². The fraction of sp³-hybridized carbons (Fsp3) is 0.368. The fourth-order valence-electron chi connectivity index (χ4n) is 2.91. The number of ether oxygens (including phenoxy) is 1. The molecule has 124 valence electrons. The van der Waals surface area contributed by atoms with Crippen LogP contribution < -0.4 is 5.32 Å². The molecule has 1 aliphatic heterocycles. The zero-order valence-electron chi connectivity index (χ0n) is 13.4. The minimum Gasteiger partial charge on any atom is -0.382 e. The van der Waals surface area contributed by atoms with Gasteiger partial charge in [-0.25, -0.2) is 0 Å². The Bertz CT molecular complexity index is 558. The van der Waals surface area contributed by atoms with Crippen LogP contribution in [0.15, 0.2) is 60.7 Å². The molecule has 0 unspecified atom stereocenters. The molecule has 0 bridgehead atoms. The van der Waals surface area contributed by atoms with Crippen molar-refractivity contribution in [2.45, 2.75) is 18.1 Å². The van der Waals surface area contributed by atoms with E-state index in [0.717, 1.165) is 17.7 Å². The molecule has 1 aliphatic rings. The fourth-order valence-corrected chi connectivity index (χ4v) is 2.91. The van der Waals surface area contributed by atoms with Gasteiger partial charge in [0, 0.05) is 19.5 Å². The summed E-state index contributed by atoms with van der Waals surface area (Å²) >= 11 is 2.15. The van der Waals surface area contributed by atoms with Crippen LogP contribution >= 0.6 is 22.6 Å². The van der Waals surface area contributed by atoms with E-state index >= 15 is 0 Å². The van der Waals surface area contributed by atoms with Crippen LogP contribution in [0.4, 0.5) is 0 Å². The molecule has 0 radical (unpaired) electrons. The number of hydrogen-bond donors (Lipinski definition) is 2. The number of halogens is 1. The standard InChI is InChI=1S/C18H21NO2.CH3I/c20-18(16-9-5-2-6-10-16,17-14-19-11-12-21-17)13-15-7-3-1-4-8-15;1-2/h1-10,17,19-20H,11-14H2;1H3/t17-,18+;/m0./s1. The summed E-state index contributed by atoms with van der Waals surface area (Å²) in [7, 11) is 0. The van der Waals surface area contributed by atoms with Crippen LogP contribution in [0.3, 0.4) is 0 Å². The third-order valence-corrected chi connectivity index (χ3v) is 4.05. The Hall–Kier alpha value is -0.950. The predicted octanol–water partition coefficient (Wildman–Crippen LogP) is 3.16. The summed E-state index contributed by atoms with van der Waals surface area (Å²) in [4.78, 5) is 1.97. The number of morpholine rings is 1. The molecule has 4 heteroatoms. The minimum atomic E-state index is -1.02. The summed E-state index contributed by atoms with van der Waals surface area (Å²) in [5.41, 5.74) is 0.997. The topological polar surface area (TPSA) is 41.5 Å². The molecule has 0 aliphatic carbocycles. The summed E-state index contributed by atoms with van der Waals surface area (Å²) < 4.78 is 5.86. The normalized spacial score (nSPS) is 20.0. The van der Waals surface area contributed by atoms with Crippen molar-refractivity contribution >= 4 is 22.6 Å². The van der Waals surface area contributed by atoms with E-state index in [1.54, 1.807) is 0 Å². The summed E-state index contributed by atoms with van der Waals surface area (Å²) in [5, 5.41) is 14.7. The molecule has 2 aromatic rings. The Labute approximate surface area is 152 Å². The van der Waals surface area contributed by atoms with E-state index in [2.05, 4.69) is 27.9 Å². The van der Waals surface area contributed by atoms with Crippen LogP contribution in [0.25, 0.3) is 0 Å². The van der Waals surface area contributed by atoms with Crippen molar-refractivity contribution in [3.05, 3.63) is 71.8 Å². The molecule has 1 fully saturated rings. The average Bonchev–Trinajstić information content (AvgIpc) is 2.65. The molecule has 1 heterocycles. The lowest BCUT2D eigenvalue weighted by Crippen LogP contribution is -2.52. The van der Waals surface area contributed by atoms with Gasteiger partial charge in [0.05, 0.1) is 6.61 Å². The van der Waals surface area contributed by atoms with Crippen LogP contribution in [0.2, 0.25) is 0 Å². The van der Waals surface area contributed by atoms with Gasteiger partial charge in [-0.05, 0) is 16.1 Å². The zero-order valence-corrected chi connectivity index (χ0v) is 15.6. The summed E-state index contributed by atoms with van der Waals surface area (Å²) in [6.45, 7) is 2.14. The highest BCUT2D eigenvalue weighted by Gasteiger charge is 2.40. The molecule has 2 atom stereocenters. The molecule has 0 spiro atoms. The van der Waals surface area contributed by atoms with E-state index in [4.69, 9.17) is 4.74 Å². The second-order valence-electron chi connectivity index (χ2n) is 5.52. The molecule has 0 amide bonds. The van der Waals surface area contributed by atoms with Crippen LogP contribution in [0.1, 0.15) is 11.1 Å². The van der Waals surface area contributed by atoms with Crippen molar-refractivity contribution in [3.63, 3.8) is 0 Å². The second-order valence-corrected chi connectivity index (χ2v) is 5.52. The lowest BCUT2D eigenvalue weighted by Gasteiger charge is -2.39. The van der Waals surface area contributed by atoms with Gasteiger partial charge in [-0.2, -0.15) is 0 Å². The maximum absolute atomic E-state index is 11.4. The third-order valence-electron chi connectivity index (χ3n) is 4.05. The Morgan fingerprint density at radius 3 is 2.26 bits per heavy atom. The van der Waals surface area contributed by atoms with Crippen molar-refractivity contribution in [2.24, 2.45) is 0 Å². The van der Waals surface area contributed by atoms with Gasteiger partial charge in [0.15, 0.2) is 0 Å². The second kappa shape index (κ2) is 9.37. The van der Waals surface area contributed by atoms with E-state index in [-0.39, 0.29) is 6.10 Å². The van der Waals surface area contributed by atoms with Crippen LogP contribution in [0.5, 0.6) is 0 Å². The van der Waals surface area contributed by atoms with Gasteiger partial charge in [0.1, 0.15) is 11.7 Å². The Balaban J connectivity index is 0.000000924. The van der Waals surface area contributed by atoms with Crippen molar-refractivity contribution in [2.75, 3.05) is 24.6 Å². The van der Waals surface area contributed by atoms with Crippen molar-refractivity contribution < 1.29 is 9.84 Å². The van der Waals surface area contributed by atoms with E-state index in [9.17, 15) is 5.11 Å². The molecule has 2 aromatic carbocycles. The molecular formula is C19H24INO2. The van der Waals surface area contributed by atoms with Crippen molar-refractivity contribution in [3.8, 4) is 0 Å². The Morgan fingerprint density at radius 2 is 1.70 bits per heavy atom. The first kappa shape index (κ1) is 18.4. The number of alkyl halides is 1. The lowest BCUT2D eigenvalue weighted by molar-refractivity contribution is -0.124. The van der Waals surface area contributed by atoms with Crippen LogP contribution in [-0.4, -0.2) is 35.8 Å². The smallest absolute Gasteiger partial charge is 0.121 e. The quantitative estimate of drug-likeness (QED) is 0.584. The maximum Gasteiger partial charge on any atom is 0.121 e. The van der Waals surface area contributed by atoms with Gasteiger partial charge < -0.3 is 15.2 Å². The first-order valence-corrected chi connectivity index (χ1v) is 9.97. The van der Waals surface area contributed by atoms with Crippen molar-refractivity contribution in [1.29, 1.82) is 0 Å². The van der Waals surface area contributed by atoms with Gasteiger partial charge in [-0.15, -0.1) is 0 Å². The number of rotatable bonds is 4. The maximum atomic E-state index is 11.4. The summed E-state index contributed by atoms with van der Waals surface area (Å²) in [5.74, 6) is 0. The van der Waals surface area contributed by atoms with Gasteiger partial charge in [0.25, 0.3) is 0 Å².